The van der Waals surface area contributed by atoms with E-state index in [2.05, 4.69) is 33.1 Å². The van der Waals surface area contributed by atoms with E-state index >= 15 is 0 Å². The van der Waals surface area contributed by atoms with E-state index in [0.717, 1.165) is 4.47 Å². The third-order valence-electron chi connectivity index (χ3n) is 4.14. The van der Waals surface area contributed by atoms with Gasteiger partial charge in [-0.2, -0.15) is 0 Å². The summed E-state index contributed by atoms with van der Waals surface area (Å²) < 4.78 is 6.25. The minimum absolute atomic E-state index is 0.120. The molecule has 1 aliphatic rings. The van der Waals surface area contributed by atoms with E-state index in [0.29, 0.717) is 22.6 Å². The Morgan fingerprint density at radius 2 is 1.92 bits per heavy atom. The molecule has 2 aromatic carbocycles. The average molecular weight is 401 g/mol. The number of nitrogens with one attached hydrogen (secondary N) is 2. The second-order valence-electron chi connectivity index (χ2n) is 5.70. The van der Waals surface area contributed by atoms with Crippen LogP contribution in [0.2, 0.25) is 0 Å². The predicted octanol–water partition coefficient (Wildman–Crippen LogP) is 3.82. The molecule has 3 rings (SSSR count). The number of ether oxygens (including phenoxy) is 1. The van der Waals surface area contributed by atoms with Crippen molar-refractivity contribution >= 4 is 27.7 Å². The van der Waals surface area contributed by atoms with Crippen molar-refractivity contribution in [2.24, 2.45) is 5.92 Å². The maximum Gasteiger partial charge on any atom is 0.319 e. The lowest BCUT2D eigenvalue weighted by molar-refractivity contribution is 0.0904. The Hall–Kier alpha value is -2.60. The molecule has 1 saturated heterocycles. The fraction of sp³-hybridized carbons (Fsp3) is 0.158. The highest BCUT2D eigenvalue weighted by molar-refractivity contribution is 9.10. The highest BCUT2D eigenvalue weighted by Gasteiger charge is 2.39. The van der Waals surface area contributed by atoms with Crippen molar-refractivity contribution < 1.29 is 14.3 Å². The molecule has 0 unspecified atom stereocenters. The number of hydrogen-bond donors (Lipinski definition) is 2. The zero-order chi connectivity index (χ0) is 18.0. The summed E-state index contributed by atoms with van der Waals surface area (Å²) in [6.45, 7) is 3.90. The van der Waals surface area contributed by atoms with Gasteiger partial charge in [0.25, 0.3) is 0 Å². The number of methoxy groups -OCH3 is 1. The lowest BCUT2D eigenvalue weighted by atomic mass is 9.83. The van der Waals surface area contributed by atoms with Crippen LogP contribution in [-0.4, -0.2) is 18.9 Å². The van der Waals surface area contributed by atoms with Crippen LogP contribution in [0.5, 0.6) is 5.75 Å². The Balaban J connectivity index is 2.08. The first-order valence-corrected chi connectivity index (χ1v) is 8.49. The van der Waals surface area contributed by atoms with E-state index < -0.39 is 18.0 Å². The molecule has 6 heteroatoms. The monoisotopic (exact) mass is 400 g/mol. The van der Waals surface area contributed by atoms with E-state index in [9.17, 15) is 9.59 Å². The quantitative estimate of drug-likeness (QED) is 0.766. The molecule has 128 valence electrons. The first kappa shape index (κ1) is 17.2. The highest BCUT2D eigenvalue weighted by atomic mass is 79.9. The summed E-state index contributed by atoms with van der Waals surface area (Å²) in [4.78, 5) is 25.1. The second kappa shape index (κ2) is 7.11. The number of hydrogen-bond acceptors (Lipinski definition) is 3. The van der Waals surface area contributed by atoms with Crippen LogP contribution in [0.4, 0.5) is 4.79 Å². The van der Waals surface area contributed by atoms with Crippen LogP contribution in [0, 0.1) is 5.92 Å². The van der Waals surface area contributed by atoms with Crippen molar-refractivity contribution in [3.05, 3.63) is 76.4 Å². The van der Waals surface area contributed by atoms with Crippen molar-refractivity contribution in [2.75, 3.05) is 7.11 Å². The maximum absolute atomic E-state index is 13.1. The third kappa shape index (κ3) is 3.44. The molecule has 1 heterocycles. The van der Waals surface area contributed by atoms with Gasteiger partial charge in [-0.05, 0) is 18.2 Å². The SMILES string of the molecule is C=C1NC(=O)N[C@@H](c2cc(Br)ccc2OC)[C@H]1C(=O)c1ccccc1. The number of amides is 2. The smallest absolute Gasteiger partial charge is 0.319 e. The van der Waals surface area contributed by atoms with Gasteiger partial charge in [0.15, 0.2) is 5.78 Å². The molecule has 0 aromatic heterocycles. The Bertz CT molecular complexity index is 836. The Labute approximate surface area is 154 Å². The second-order valence-corrected chi connectivity index (χ2v) is 6.61. The molecule has 2 amide bonds. The standard InChI is InChI=1S/C19H17BrN2O3/c1-11-16(18(23)12-6-4-3-5-7-12)17(22-19(24)21-11)14-10-13(20)8-9-15(14)25-2/h3-10,16-17H,1H2,2H3,(H2,21,22,24)/t16-,17-/m0/s1. The Kier molecular flexibility index (Phi) is 4.90. The molecule has 2 N–H and O–H groups in total. The number of urea groups is 1. The van der Waals surface area contributed by atoms with E-state index in [4.69, 9.17) is 4.74 Å². The predicted molar refractivity (Wildman–Crippen MR) is 98.5 cm³/mol. The van der Waals surface area contributed by atoms with Crippen LogP contribution in [0.15, 0.2) is 65.3 Å². The van der Waals surface area contributed by atoms with Gasteiger partial charge in [-0.3, -0.25) is 4.79 Å². The minimum atomic E-state index is -0.650. The minimum Gasteiger partial charge on any atom is -0.496 e. The van der Waals surface area contributed by atoms with Gasteiger partial charge < -0.3 is 15.4 Å². The van der Waals surface area contributed by atoms with Gasteiger partial charge >= 0.3 is 6.03 Å². The fourth-order valence-corrected chi connectivity index (χ4v) is 3.36. The number of benzene rings is 2. The summed E-state index contributed by atoms with van der Waals surface area (Å²) in [5, 5.41) is 5.45. The lowest BCUT2D eigenvalue weighted by Crippen LogP contribution is -2.50. The van der Waals surface area contributed by atoms with Crippen LogP contribution in [-0.2, 0) is 0 Å². The number of carbonyl (C=O) groups is 2. The highest BCUT2D eigenvalue weighted by Crippen LogP contribution is 2.37. The number of carbonyl (C=O) groups excluding carboxylic acids is 2. The normalized spacial score (nSPS) is 19.8. The summed E-state index contributed by atoms with van der Waals surface area (Å²) >= 11 is 3.43. The molecule has 2 atom stereocenters. The maximum atomic E-state index is 13.1. The zero-order valence-corrected chi connectivity index (χ0v) is 15.2. The van der Waals surface area contributed by atoms with E-state index in [1.54, 1.807) is 37.4 Å². The fourth-order valence-electron chi connectivity index (χ4n) is 2.98. The number of ketones is 1. The molecule has 0 saturated carbocycles. The number of Topliss-reactive ketones (excluding diaryl/α,β-unsaturated/α-hetero) is 1. The summed E-state index contributed by atoms with van der Waals surface area (Å²) in [7, 11) is 1.55. The number of halogens is 1. The van der Waals surface area contributed by atoms with Gasteiger partial charge in [0.05, 0.1) is 19.1 Å². The van der Waals surface area contributed by atoms with Gasteiger partial charge in [-0.15, -0.1) is 0 Å². The summed E-state index contributed by atoms with van der Waals surface area (Å²) in [6, 6.07) is 13.5. The van der Waals surface area contributed by atoms with Crippen molar-refractivity contribution in [3.8, 4) is 5.75 Å². The van der Waals surface area contributed by atoms with Crippen molar-refractivity contribution in [1.29, 1.82) is 0 Å². The molecule has 1 aliphatic heterocycles. The van der Waals surface area contributed by atoms with Gasteiger partial charge in [-0.1, -0.05) is 52.8 Å². The van der Waals surface area contributed by atoms with Crippen molar-refractivity contribution in [1.82, 2.24) is 10.6 Å². The van der Waals surface area contributed by atoms with Gasteiger partial charge in [0.1, 0.15) is 5.75 Å². The van der Waals surface area contributed by atoms with E-state index in [-0.39, 0.29) is 5.78 Å². The first-order valence-electron chi connectivity index (χ1n) is 7.70. The first-order chi connectivity index (χ1) is 12.0. The van der Waals surface area contributed by atoms with E-state index in [1.807, 2.05) is 18.2 Å². The van der Waals surface area contributed by atoms with Crippen LogP contribution >= 0.6 is 15.9 Å². The largest absolute Gasteiger partial charge is 0.496 e. The molecular weight excluding hydrogens is 384 g/mol. The average Bonchev–Trinajstić information content (AvgIpc) is 2.61. The van der Waals surface area contributed by atoms with E-state index in [1.165, 1.54) is 0 Å². The molecule has 0 aliphatic carbocycles. The molecule has 25 heavy (non-hydrogen) atoms. The van der Waals surface area contributed by atoms with Crippen molar-refractivity contribution in [3.63, 3.8) is 0 Å². The van der Waals surface area contributed by atoms with Gasteiger partial charge in [0.2, 0.25) is 0 Å². The summed E-state index contributed by atoms with van der Waals surface area (Å²) in [6.07, 6.45) is 0. The molecule has 1 fully saturated rings. The van der Waals surface area contributed by atoms with Crippen LogP contribution < -0.4 is 15.4 Å². The lowest BCUT2D eigenvalue weighted by Gasteiger charge is -2.34. The molecule has 0 spiro atoms. The number of rotatable bonds is 4. The molecule has 0 radical (unpaired) electrons. The summed E-state index contributed by atoms with van der Waals surface area (Å²) in [5.74, 6) is -0.178. The van der Waals surface area contributed by atoms with Crippen LogP contribution in [0.3, 0.4) is 0 Å². The molecule has 0 bridgehead atoms. The molecule has 2 aromatic rings. The Morgan fingerprint density at radius 3 is 2.60 bits per heavy atom. The van der Waals surface area contributed by atoms with Crippen LogP contribution in [0.1, 0.15) is 22.0 Å². The van der Waals surface area contributed by atoms with Crippen LogP contribution in [0.25, 0.3) is 0 Å². The van der Waals surface area contributed by atoms with Crippen molar-refractivity contribution in [2.45, 2.75) is 6.04 Å². The molecule has 5 nitrogen and oxygen atoms in total. The Morgan fingerprint density at radius 1 is 1.20 bits per heavy atom. The van der Waals surface area contributed by atoms with Gasteiger partial charge in [0, 0.05) is 21.3 Å². The third-order valence-corrected chi connectivity index (χ3v) is 4.63. The topological polar surface area (TPSA) is 67.4 Å². The summed E-state index contributed by atoms with van der Waals surface area (Å²) in [5.41, 5.74) is 1.64. The zero-order valence-electron chi connectivity index (χ0n) is 13.6. The molecular formula is C19H17BrN2O3. The van der Waals surface area contributed by atoms with Gasteiger partial charge in [-0.25, -0.2) is 4.79 Å².